The molecule has 0 spiro atoms. The molecular weight excluding hydrogens is 404 g/mol. The molecular formula is C21H28N4O6. The summed E-state index contributed by atoms with van der Waals surface area (Å²) in [6, 6.07) is 6.30. The number of carbonyl (C=O) groups is 5. The average Bonchev–Trinajstić information content (AvgIpc) is 2.72. The number of amides is 4. The molecule has 1 aromatic rings. The zero-order valence-electron chi connectivity index (χ0n) is 17.6. The van der Waals surface area contributed by atoms with Crippen LogP contribution >= 0.6 is 0 Å². The molecule has 0 unspecified atom stereocenters. The van der Waals surface area contributed by atoms with E-state index in [2.05, 4.69) is 16.0 Å². The second-order valence-corrected chi connectivity index (χ2v) is 7.43. The summed E-state index contributed by atoms with van der Waals surface area (Å²) in [5.41, 5.74) is 6.21. The molecule has 5 N–H and O–H groups in total. The van der Waals surface area contributed by atoms with Gasteiger partial charge in [0.05, 0.1) is 18.9 Å². The van der Waals surface area contributed by atoms with Crippen molar-refractivity contribution in [2.24, 2.45) is 11.7 Å². The summed E-state index contributed by atoms with van der Waals surface area (Å²) in [4.78, 5) is 60.5. The number of benzene rings is 1. The standard InChI is InChI=1S/C21H28N4O6/c1-3-31-21(30)12(2)9-14(18(22)27)23-17(26)11-16-20(29)24-15(19(28)25-16)10-13-7-5-4-6-8-13/h4-8,12,14-16H,3,9-11H2,1-2H3,(H2,22,27)(H,23,26)(H,24,29)(H,25,28)/t12-,14-,15+,16+/m1/s1. The number of piperazine rings is 1. The number of rotatable bonds is 10. The van der Waals surface area contributed by atoms with Crippen LogP contribution in [-0.4, -0.2) is 54.3 Å². The molecule has 4 atom stereocenters. The molecule has 0 bridgehead atoms. The molecule has 31 heavy (non-hydrogen) atoms. The van der Waals surface area contributed by atoms with E-state index in [9.17, 15) is 24.0 Å². The second-order valence-electron chi connectivity index (χ2n) is 7.43. The van der Waals surface area contributed by atoms with Crippen molar-refractivity contribution in [3.63, 3.8) is 0 Å². The Morgan fingerprint density at radius 3 is 2.32 bits per heavy atom. The monoisotopic (exact) mass is 432 g/mol. The minimum atomic E-state index is -1.11. The predicted octanol–water partition coefficient (Wildman–Crippen LogP) is -0.838. The van der Waals surface area contributed by atoms with E-state index in [1.165, 1.54) is 0 Å². The molecule has 10 nitrogen and oxygen atoms in total. The van der Waals surface area contributed by atoms with Gasteiger partial charge in [0, 0.05) is 6.42 Å². The Bertz CT molecular complexity index is 828. The normalized spacial score (nSPS) is 20.1. The predicted molar refractivity (Wildman–Crippen MR) is 110 cm³/mol. The fourth-order valence-corrected chi connectivity index (χ4v) is 3.23. The summed E-state index contributed by atoms with van der Waals surface area (Å²) >= 11 is 0. The van der Waals surface area contributed by atoms with E-state index in [0.717, 1.165) is 5.56 Å². The van der Waals surface area contributed by atoms with Crippen molar-refractivity contribution in [2.75, 3.05) is 6.61 Å². The van der Waals surface area contributed by atoms with Gasteiger partial charge in [-0.1, -0.05) is 37.3 Å². The van der Waals surface area contributed by atoms with Crippen LogP contribution in [-0.2, 0) is 35.1 Å². The first-order valence-electron chi connectivity index (χ1n) is 10.1. The van der Waals surface area contributed by atoms with Gasteiger partial charge in [0.25, 0.3) is 0 Å². The fraction of sp³-hybridized carbons (Fsp3) is 0.476. The minimum absolute atomic E-state index is 0.0394. The first kappa shape index (κ1) is 23.8. The highest BCUT2D eigenvalue weighted by molar-refractivity contribution is 5.99. The summed E-state index contributed by atoms with van der Waals surface area (Å²) in [5.74, 6) is -3.53. The summed E-state index contributed by atoms with van der Waals surface area (Å²) in [6.07, 6.45) is -0.0810. The van der Waals surface area contributed by atoms with Gasteiger partial charge in [-0.3, -0.25) is 24.0 Å². The van der Waals surface area contributed by atoms with Crippen molar-refractivity contribution < 1.29 is 28.7 Å². The Hall–Kier alpha value is -3.43. The lowest BCUT2D eigenvalue weighted by Gasteiger charge is -2.29. The van der Waals surface area contributed by atoms with Crippen molar-refractivity contribution in [3.8, 4) is 0 Å². The molecule has 1 saturated heterocycles. The molecule has 1 fully saturated rings. The molecule has 2 rings (SSSR count). The maximum Gasteiger partial charge on any atom is 0.308 e. The molecule has 0 radical (unpaired) electrons. The molecule has 0 aromatic heterocycles. The number of hydrogen-bond acceptors (Lipinski definition) is 6. The van der Waals surface area contributed by atoms with E-state index in [-0.39, 0.29) is 19.4 Å². The molecule has 4 amide bonds. The van der Waals surface area contributed by atoms with Crippen LogP contribution in [0.5, 0.6) is 0 Å². The Labute approximate surface area is 180 Å². The van der Waals surface area contributed by atoms with Crippen molar-refractivity contribution in [3.05, 3.63) is 35.9 Å². The maximum atomic E-state index is 12.4. The largest absolute Gasteiger partial charge is 0.466 e. The van der Waals surface area contributed by atoms with Crippen molar-refractivity contribution in [1.29, 1.82) is 0 Å². The van der Waals surface area contributed by atoms with Crippen LogP contribution in [0.15, 0.2) is 30.3 Å². The van der Waals surface area contributed by atoms with Crippen LogP contribution < -0.4 is 21.7 Å². The third kappa shape index (κ3) is 7.09. The highest BCUT2D eigenvalue weighted by Crippen LogP contribution is 2.11. The lowest BCUT2D eigenvalue weighted by atomic mass is 9.99. The van der Waals surface area contributed by atoms with E-state index in [1.807, 2.05) is 30.3 Å². The molecule has 10 heteroatoms. The molecule has 0 saturated carbocycles. The third-order valence-corrected chi connectivity index (χ3v) is 4.90. The SMILES string of the molecule is CCOC(=O)[C@H](C)C[C@@H](NC(=O)C[C@@H]1NC(=O)[C@H](Cc2ccccc2)NC1=O)C(N)=O. The number of nitrogens with two attached hydrogens (primary N) is 1. The van der Waals surface area contributed by atoms with Crippen LogP contribution in [0.2, 0.25) is 0 Å². The lowest BCUT2D eigenvalue weighted by Crippen LogP contribution is -2.63. The van der Waals surface area contributed by atoms with Crippen LogP contribution in [0.25, 0.3) is 0 Å². The van der Waals surface area contributed by atoms with E-state index < -0.39 is 53.6 Å². The van der Waals surface area contributed by atoms with Gasteiger partial charge in [0.1, 0.15) is 18.1 Å². The molecule has 168 valence electrons. The number of carbonyl (C=O) groups excluding carboxylic acids is 5. The highest BCUT2D eigenvalue weighted by Gasteiger charge is 2.35. The van der Waals surface area contributed by atoms with E-state index in [1.54, 1.807) is 13.8 Å². The van der Waals surface area contributed by atoms with Crippen molar-refractivity contribution in [1.82, 2.24) is 16.0 Å². The van der Waals surface area contributed by atoms with E-state index in [4.69, 9.17) is 10.5 Å². The van der Waals surface area contributed by atoms with Gasteiger partial charge in [-0.15, -0.1) is 0 Å². The second kappa shape index (κ2) is 11.1. The smallest absolute Gasteiger partial charge is 0.308 e. The highest BCUT2D eigenvalue weighted by atomic mass is 16.5. The van der Waals surface area contributed by atoms with Crippen molar-refractivity contribution in [2.45, 2.75) is 51.2 Å². The lowest BCUT2D eigenvalue weighted by molar-refractivity contribution is -0.148. The molecule has 0 aliphatic carbocycles. The molecule has 1 aliphatic heterocycles. The van der Waals surface area contributed by atoms with Gasteiger partial charge in [-0.25, -0.2) is 0 Å². The quantitative estimate of drug-likeness (QED) is 0.353. The van der Waals surface area contributed by atoms with Gasteiger partial charge >= 0.3 is 5.97 Å². The van der Waals surface area contributed by atoms with Crippen molar-refractivity contribution >= 4 is 29.6 Å². The van der Waals surface area contributed by atoms with Gasteiger partial charge in [-0.05, 0) is 18.9 Å². The molecule has 1 heterocycles. The maximum absolute atomic E-state index is 12.4. The van der Waals surface area contributed by atoms with Gasteiger partial charge in [0.2, 0.25) is 23.6 Å². The fourth-order valence-electron chi connectivity index (χ4n) is 3.23. The summed E-state index contributed by atoms with van der Waals surface area (Å²) < 4.78 is 4.89. The zero-order chi connectivity index (χ0) is 23.0. The third-order valence-electron chi connectivity index (χ3n) is 4.90. The number of ether oxygens (including phenoxy) is 1. The average molecular weight is 432 g/mol. The Kier molecular flexibility index (Phi) is 8.53. The number of primary amides is 1. The van der Waals surface area contributed by atoms with Crippen LogP contribution in [0.4, 0.5) is 0 Å². The van der Waals surface area contributed by atoms with E-state index >= 15 is 0 Å². The number of esters is 1. The first-order chi connectivity index (χ1) is 14.7. The van der Waals surface area contributed by atoms with Crippen LogP contribution in [0.1, 0.15) is 32.3 Å². The van der Waals surface area contributed by atoms with Gasteiger partial charge in [-0.2, -0.15) is 0 Å². The minimum Gasteiger partial charge on any atom is -0.466 e. The number of nitrogens with one attached hydrogen (secondary N) is 3. The molecule has 1 aromatic carbocycles. The first-order valence-corrected chi connectivity index (χ1v) is 10.1. The van der Waals surface area contributed by atoms with E-state index in [0.29, 0.717) is 6.42 Å². The topological polar surface area (TPSA) is 157 Å². The van der Waals surface area contributed by atoms with Crippen LogP contribution in [0.3, 0.4) is 0 Å². The Balaban J connectivity index is 1.90. The van der Waals surface area contributed by atoms with Gasteiger partial charge in [0.15, 0.2) is 0 Å². The summed E-state index contributed by atoms with van der Waals surface area (Å²) in [5, 5.41) is 7.59. The van der Waals surface area contributed by atoms with Crippen LogP contribution in [0, 0.1) is 5.92 Å². The zero-order valence-corrected chi connectivity index (χ0v) is 17.6. The summed E-state index contributed by atoms with van der Waals surface area (Å²) in [6.45, 7) is 3.41. The summed E-state index contributed by atoms with van der Waals surface area (Å²) in [7, 11) is 0. The Morgan fingerprint density at radius 2 is 1.71 bits per heavy atom. The number of hydrogen-bond donors (Lipinski definition) is 4. The van der Waals surface area contributed by atoms with Gasteiger partial charge < -0.3 is 26.4 Å². The molecule has 1 aliphatic rings. The Morgan fingerprint density at radius 1 is 1.10 bits per heavy atom.